The maximum Gasteiger partial charge on any atom is 0.243 e. The summed E-state index contributed by atoms with van der Waals surface area (Å²) in [6.07, 6.45) is 1.34. The second-order valence-electron chi connectivity index (χ2n) is 8.15. The summed E-state index contributed by atoms with van der Waals surface area (Å²) in [5, 5.41) is 3.63. The van der Waals surface area contributed by atoms with Crippen molar-refractivity contribution in [2.45, 2.75) is 31.8 Å². The zero-order valence-corrected chi connectivity index (χ0v) is 20.2. The van der Waals surface area contributed by atoms with Crippen molar-refractivity contribution in [2.24, 2.45) is 0 Å². The molecule has 0 aliphatic rings. The van der Waals surface area contributed by atoms with Gasteiger partial charge in [0.25, 0.3) is 0 Å². The number of carbonyl (C=O) groups is 2. The van der Waals surface area contributed by atoms with E-state index in [1.807, 2.05) is 72.8 Å². The maximum absolute atomic E-state index is 13.6. The third-order valence-corrected chi connectivity index (χ3v) is 5.81. The molecule has 0 heterocycles. The van der Waals surface area contributed by atoms with E-state index in [1.54, 1.807) is 24.1 Å². The van der Waals surface area contributed by atoms with E-state index < -0.39 is 6.04 Å². The highest BCUT2D eigenvalue weighted by atomic mass is 35.5. The van der Waals surface area contributed by atoms with Gasteiger partial charge < -0.3 is 15.0 Å². The average Bonchev–Trinajstić information content (AvgIpc) is 2.86. The van der Waals surface area contributed by atoms with Crippen LogP contribution < -0.4 is 5.32 Å². The van der Waals surface area contributed by atoms with Gasteiger partial charge in [0, 0.05) is 38.2 Å². The standard InChI is InChI=1S/C28H31ClN2O3/c1-34-18-8-17-30-28(33)26(19-22-9-4-2-5-10-22)31(21-24-13-15-25(29)16-14-24)27(32)20-23-11-6-3-7-12-23/h2-7,9-16,26H,8,17-21H2,1H3,(H,30,33). The van der Waals surface area contributed by atoms with Gasteiger partial charge in [-0.2, -0.15) is 0 Å². The fraction of sp³-hybridized carbons (Fsp3) is 0.286. The van der Waals surface area contributed by atoms with Crippen molar-refractivity contribution in [3.8, 4) is 0 Å². The molecule has 0 radical (unpaired) electrons. The lowest BCUT2D eigenvalue weighted by molar-refractivity contribution is -0.140. The van der Waals surface area contributed by atoms with Crippen molar-refractivity contribution in [3.63, 3.8) is 0 Å². The molecule has 1 unspecified atom stereocenters. The summed E-state index contributed by atoms with van der Waals surface area (Å²) in [5.74, 6) is -0.274. The lowest BCUT2D eigenvalue weighted by Crippen LogP contribution is -2.51. The summed E-state index contributed by atoms with van der Waals surface area (Å²) >= 11 is 6.07. The van der Waals surface area contributed by atoms with E-state index in [-0.39, 0.29) is 18.2 Å². The van der Waals surface area contributed by atoms with E-state index in [2.05, 4.69) is 5.32 Å². The van der Waals surface area contributed by atoms with E-state index in [1.165, 1.54) is 0 Å². The number of amides is 2. The third kappa shape index (κ3) is 8.01. The Morgan fingerprint density at radius 1 is 0.882 bits per heavy atom. The summed E-state index contributed by atoms with van der Waals surface area (Å²) in [5.41, 5.74) is 2.82. The minimum atomic E-state index is -0.656. The van der Waals surface area contributed by atoms with Crippen LogP contribution in [0.5, 0.6) is 0 Å². The molecular formula is C28H31ClN2O3. The van der Waals surface area contributed by atoms with Crippen molar-refractivity contribution in [1.82, 2.24) is 10.2 Å². The van der Waals surface area contributed by atoms with Crippen LogP contribution in [0.2, 0.25) is 5.02 Å². The molecule has 0 spiro atoms. The first-order valence-corrected chi connectivity index (χ1v) is 11.8. The molecule has 3 aromatic rings. The summed E-state index contributed by atoms with van der Waals surface area (Å²) < 4.78 is 5.09. The molecule has 178 valence electrons. The molecule has 34 heavy (non-hydrogen) atoms. The van der Waals surface area contributed by atoms with Gasteiger partial charge in [0.05, 0.1) is 6.42 Å². The van der Waals surface area contributed by atoms with Gasteiger partial charge in [-0.25, -0.2) is 0 Å². The molecule has 5 nitrogen and oxygen atoms in total. The Kier molecular flexibility index (Phi) is 10.1. The van der Waals surface area contributed by atoms with E-state index >= 15 is 0 Å². The van der Waals surface area contributed by atoms with Crippen LogP contribution in [-0.4, -0.2) is 43.0 Å². The zero-order valence-electron chi connectivity index (χ0n) is 19.5. The molecule has 0 aliphatic carbocycles. The third-order valence-electron chi connectivity index (χ3n) is 5.56. The summed E-state index contributed by atoms with van der Waals surface area (Å²) in [4.78, 5) is 28.7. The van der Waals surface area contributed by atoms with Crippen LogP contribution in [-0.2, 0) is 33.7 Å². The molecule has 1 atom stereocenters. The predicted octanol–water partition coefficient (Wildman–Crippen LogP) is 4.68. The quantitative estimate of drug-likeness (QED) is 0.385. The molecule has 6 heteroatoms. The van der Waals surface area contributed by atoms with Crippen LogP contribution in [0.15, 0.2) is 84.9 Å². The topological polar surface area (TPSA) is 58.6 Å². The molecule has 0 aliphatic heterocycles. The highest BCUT2D eigenvalue weighted by molar-refractivity contribution is 6.30. The summed E-state index contributed by atoms with van der Waals surface area (Å²) in [6, 6.07) is 26.1. The van der Waals surface area contributed by atoms with Gasteiger partial charge in [-0.15, -0.1) is 0 Å². The highest BCUT2D eigenvalue weighted by Crippen LogP contribution is 2.18. The predicted molar refractivity (Wildman–Crippen MR) is 136 cm³/mol. The summed E-state index contributed by atoms with van der Waals surface area (Å²) in [6.45, 7) is 1.36. The Morgan fingerprint density at radius 3 is 2.12 bits per heavy atom. The van der Waals surface area contributed by atoms with E-state index in [9.17, 15) is 9.59 Å². The van der Waals surface area contributed by atoms with Crippen LogP contribution in [0.4, 0.5) is 0 Å². The Hall–Kier alpha value is -3.15. The zero-order chi connectivity index (χ0) is 24.2. The van der Waals surface area contributed by atoms with Gasteiger partial charge in [0.1, 0.15) is 6.04 Å². The van der Waals surface area contributed by atoms with Gasteiger partial charge in [0.15, 0.2) is 0 Å². The number of nitrogens with zero attached hydrogens (tertiary/aromatic N) is 1. The molecule has 3 aromatic carbocycles. The Morgan fingerprint density at radius 2 is 1.50 bits per heavy atom. The number of methoxy groups -OCH3 is 1. The van der Waals surface area contributed by atoms with Crippen LogP contribution >= 0.6 is 11.6 Å². The van der Waals surface area contributed by atoms with Crippen molar-refractivity contribution in [3.05, 3.63) is 107 Å². The molecule has 3 rings (SSSR count). The molecule has 2 amide bonds. The number of hydrogen-bond acceptors (Lipinski definition) is 3. The van der Waals surface area contributed by atoms with Crippen LogP contribution in [0.25, 0.3) is 0 Å². The van der Waals surface area contributed by atoms with Crippen LogP contribution in [0.3, 0.4) is 0 Å². The van der Waals surface area contributed by atoms with E-state index in [4.69, 9.17) is 16.3 Å². The average molecular weight is 479 g/mol. The molecule has 0 saturated heterocycles. The second-order valence-corrected chi connectivity index (χ2v) is 8.59. The smallest absolute Gasteiger partial charge is 0.243 e. The number of benzene rings is 3. The normalized spacial score (nSPS) is 11.6. The number of nitrogens with one attached hydrogen (secondary N) is 1. The first-order valence-electron chi connectivity index (χ1n) is 11.4. The van der Waals surface area contributed by atoms with Gasteiger partial charge in [-0.1, -0.05) is 84.4 Å². The number of halogens is 1. The second kappa shape index (κ2) is 13.5. The van der Waals surface area contributed by atoms with Crippen LogP contribution in [0, 0.1) is 0 Å². The fourth-order valence-electron chi connectivity index (χ4n) is 3.76. The first kappa shape index (κ1) is 25.5. The Bertz CT molecular complexity index is 1030. The largest absolute Gasteiger partial charge is 0.385 e. The van der Waals surface area contributed by atoms with Crippen LogP contribution in [0.1, 0.15) is 23.1 Å². The lowest BCUT2D eigenvalue weighted by atomic mass is 10.0. The highest BCUT2D eigenvalue weighted by Gasteiger charge is 2.30. The van der Waals surface area contributed by atoms with Gasteiger partial charge in [-0.3, -0.25) is 9.59 Å². The molecule has 0 fully saturated rings. The Balaban J connectivity index is 1.89. The molecule has 0 aromatic heterocycles. The summed E-state index contributed by atoms with van der Waals surface area (Å²) in [7, 11) is 1.64. The molecule has 1 N–H and O–H groups in total. The van der Waals surface area contributed by atoms with Crippen molar-refractivity contribution < 1.29 is 14.3 Å². The lowest BCUT2D eigenvalue weighted by Gasteiger charge is -2.31. The molecule has 0 bridgehead atoms. The molecule has 0 saturated carbocycles. The number of carbonyl (C=O) groups excluding carboxylic acids is 2. The molecular weight excluding hydrogens is 448 g/mol. The fourth-order valence-corrected chi connectivity index (χ4v) is 3.88. The SMILES string of the molecule is COCCCNC(=O)C(Cc1ccccc1)N(Cc1ccc(Cl)cc1)C(=O)Cc1ccccc1. The van der Waals surface area contributed by atoms with Crippen molar-refractivity contribution >= 4 is 23.4 Å². The monoisotopic (exact) mass is 478 g/mol. The minimum absolute atomic E-state index is 0.103. The van der Waals surface area contributed by atoms with Gasteiger partial charge >= 0.3 is 0 Å². The first-order chi connectivity index (χ1) is 16.6. The maximum atomic E-state index is 13.6. The van der Waals surface area contributed by atoms with Crippen molar-refractivity contribution in [2.75, 3.05) is 20.3 Å². The number of rotatable bonds is 12. The number of ether oxygens (including phenoxy) is 1. The van der Waals surface area contributed by atoms with Gasteiger partial charge in [0.2, 0.25) is 11.8 Å². The van der Waals surface area contributed by atoms with Gasteiger partial charge in [-0.05, 0) is 35.2 Å². The number of hydrogen-bond donors (Lipinski definition) is 1. The van der Waals surface area contributed by atoms with E-state index in [0.717, 1.165) is 16.7 Å². The Labute approximate surface area is 206 Å². The van der Waals surface area contributed by atoms with E-state index in [0.29, 0.717) is 37.6 Å². The minimum Gasteiger partial charge on any atom is -0.385 e. The van der Waals surface area contributed by atoms with Crippen molar-refractivity contribution in [1.29, 1.82) is 0 Å².